The number of aromatic nitrogens is 3. The molecule has 3 amide bonds. The number of fused-ring (bicyclic) bond motifs is 2. The Labute approximate surface area is 274 Å². The lowest BCUT2D eigenvalue weighted by molar-refractivity contribution is -0.138. The number of alkyl halides is 3. The maximum atomic E-state index is 15.0. The van der Waals surface area contributed by atoms with Crippen LogP contribution in [0, 0.1) is 5.82 Å². The number of benzene rings is 1. The summed E-state index contributed by atoms with van der Waals surface area (Å²) < 4.78 is 63.2. The highest BCUT2D eigenvalue weighted by Gasteiger charge is 2.35. The third kappa shape index (κ3) is 6.92. The van der Waals surface area contributed by atoms with Gasteiger partial charge in [0.1, 0.15) is 17.1 Å². The number of pyridine rings is 2. The highest BCUT2D eigenvalue weighted by molar-refractivity contribution is 5.98. The van der Waals surface area contributed by atoms with Crippen molar-refractivity contribution in [2.75, 3.05) is 52.1 Å². The van der Waals surface area contributed by atoms with Gasteiger partial charge in [0, 0.05) is 71.5 Å². The number of nitrogens with one attached hydrogen (secondary N) is 3. The Balaban J connectivity index is 1.22. The minimum absolute atomic E-state index is 0.0428. The summed E-state index contributed by atoms with van der Waals surface area (Å²) in [6.07, 6.45) is -1.48. The molecule has 11 nitrogen and oxygen atoms in total. The molecule has 0 saturated carbocycles. The first-order valence-corrected chi connectivity index (χ1v) is 15.7. The molecule has 1 aromatic carbocycles. The second-order valence-electron chi connectivity index (χ2n) is 12.2. The predicted octanol–water partition coefficient (Wildman–Crippen LogP) is 5.56. The van der Waals surface area contributed by atoms with Crippen LogP contribution in [-0.4, -0.2) is 88.4 Å². The number of piperazine rings is 1. The van der Waals surface area contributed by atoms with Gasteiger partial charge < -0.3 is 30.2 Å². The van der Waals surface area contributed by atoms with Crippen LogP contribution in [0.3, 0.4) is 0 Å². The number of hydrogen-bond acceptors (Lipinski definition) is 7. The van der Waals surface area contributed by atoms with E-state index in [4.69, 9.17) is 4.74 Å². The number of amides is 3. The van der Waals surface area contributed by atoms with Crippen molar-refractivity contribution in [2.24, 2.45) is 0 Å². The highest BCUT2D eigenvalue weighted by Crippen LogP contribution is 2.37. The lowest BCUT2D eigenvalue weighted by Crippen LogP contribution is -2.43. The van der Waals surface area contributed by atoms with Gasteiger partial charge in [-0.15, -0.1) is 0 Å². The average molecular weight is 669 g/mol. The van der Waals surface area contributed by atoms with Crippen molar-refractivity contribution in [3.8, 4) is 11.5 Å². The number of H-pyrrole nitrogens is 1. The molecule has 6 rings (SSSR count). The van der Waals surface area contributed by atoms with E-state index in [-0.39, 0.29) is 64.4 Å². The number of aromatic amines is 1. The van der Waals surface area contributed by atoms with Gasteiger partial charge in [0.2, 0.25) is 0 Å². The van der Waals surface area contributed by atoms with Crippen LogP contribution in [0.25, 0.3) is 11.0 Å². The maximum absolute atomic E-state index is 15.0. The Morgan fingerprint density at radius 3 is 2.58 bits per heavy atom. The van der Waals surface area contributed by atoms with Crippen LogP contribution >= 0.6 is 0 Å². The molecule has 48 heavy (non-hydrogen) atoms. The first-order valence-electron chi connectivity index (χ1n) is 15.7. The zero-order valence-corrected chi connectivity index (χ0v) is 26.7. The fourth-order valence-corrected chi connectivity index (χ4v) is 6.12. The van der Waals surface area contributed by atoms with Crippen LogP contribution in [0.2, 0.25) is 0 Å². The van der Waals surface area contributed by atoms with E-state index in [1.165, 1.54) is 34.2 Å². The molecule has 254 valence electrons. The van der Waals surface area contributed by atoms with Crippen molar-refractivity contribution in [3.05, 3.63) is 76.6 Å². The number of nitrogens with zero attached hydrogens (tertiary/aromatic N) is 5. The molecule has 3 aromatic heterocycles. The number of ether oxygens (including phenoxy) is 1. The second-order valence-corrected chi connectivity index (χ2v) is 12.2. The molecular weight excluding hydrogens is 632 g/mol. The van der Waals surface area contributed by atoms with E-state index >= 15 is 0 Å². The minimum atomic E-state index is -4.59. The van der Waals surface area contributed by atoms with Crippen molar-refractivity contribution >= 4 is 28.7 Å². The third-order valence-electron chi connectivity index (χ3n) is 8.64. The first kappa shape index (κ1) is 33.2. The molecule has 4 aromatic rings. The van der Waals surface area contributed by atoms with E-state index in [1.54, 1.807) is 20.2 Å². The van der Waals surface area contributed by atoms with Crippen molar-refractivity contribution in [2.45, 2.75) is 38.5 Å². The fourth-order valence-electron chi connectivity index (χ4n) is 6.12. The van der Waals surface area contributed by atoms with E-state index in [2.05, 4.69) is 25.6 Å². The molecule has 15 heteroatoms. The SMILES string of the molecule is CC[C@H]1CN(C(=O)Nc2ccc(CN3CCNCC3)c(C(F)(F)F)c2)Cc2cc(Oc3c(F)cnc4[nH]c(C(=O)N(C)C)cc34)cnc21. The topological polar surface area (TPSA) is 119 Å². The Bertz CT molecular complexity index is 1840. The lowest BCUT2D eigenvalue weighted by atomic mass is 9.92. The van der Waals surface area contributed by atoms with E-state index in [0.717, 1.165) is 18.0 Å². The van der Waals surface area contributed by atoms with Gasteiger partial charge in [0.05, 0.1) is 29.0 Å². The molecule has 0 aliphatic carbocycles. The zero-order valence-electron chi connectivity index (χ0n) is 26.7. The Morgan fingerprint density at radius 1 is 1.10 bits per heavy atom. The smallest absolute Gasteiger partial charge is 0.416 e. The van der Waals surface area contributed by atoms with E-state index in [1.807, 2.05) is 11.8 Å². The molecule has 5 heterocycles. The van der Waals surface area contributed by atoms with Gasteiger partial charge in [-0.05, 0) is 41.8 Å². The van der Waals surface area contributed by atoms with Gasteiger partial charge in [-0.25, -0.2) is 14.2 Å². The van der Waals surface area contributed by atoms with Gasteiger partial charge in [0.25, 0.3) is 5.91 Å². The number of carbonyl (C=O) groups is 2. The molecule has 1 atom stereocenters. The van der Waals surface area contributed by atoms with E-state index < -0.39 is 23.6 Å². The fraction of sp³-hybridized carbons (Fsp3) is 0.394. The first-order chi connectivity index (χ1) is 22.9. The predicted molar refractivity (Wildman–Crippen MR) is 170 cm³/mol. The van der Waals surface area contributed by atoms with Crippen LogP contribution < -0.4 is 15.4 Å². The van der Waals surface area contributed by atoms with Gasteiger partial charge in [-0.1, -0.05) is 13.0 Å². The molecule has 0 unspecified atom stereocenters. The molecule has 1 saturated heterocycles. The number of carbonyl (C=O) groups excluding carboxylic acids is 2. The molecule has 0 bridgehead atoms. The van der Waals surface area contributed by atoms with Gasteiger partial charge in [0.15, 0.2) is 11.6 Å². The summed E-state index contributed by atoms with van der Waals surface area (Å²) in [4.78, 5) is 42.3. The number of rotatable bonds is 7. The van der Waals surface area contributed by atoms with Crippen LogP contribution in [0.15, 0.2) is 42.7 Å². The maximum Gasteiger partial charge on any atom is 0.416 e. The largest absolute Gasteiger partial charge is 0.452 e. The number of anilines is 1. The summed E-state index contributed by atoms with van der Waals surface area (Å²) >= 11 is 0. The number of halogens is 4. The van der Waals surface area contributed by atoms with E-state index in [9.17, 15) is 27.2 Å². The molecular formula is C33H36F4N8O3. The molecule has 3 N–H and O–H groups in total. The van der Waals surface area contributed by atoms with Crippen molar-refractivity contribution in [1.82, 2.24) is 35.0 Å². The third-order valence-corrected chi connectivity index (χ3v) is 8.64. The number of urea groups is 1. The van der Waals surface area contributed by atoms with Gasteiger partial charge >= 0.3 is 12.2 Å². The van der Waals surface area contributed by atoms with Crippen molar-refractivity contribution < 1.29 is 31.9 Å². The average Bonchev–Trinajstić information content (AvgIpc) is 3.50. The molecule has 1 fully saturated rings. The highest BCUT2D eigenvalue weighted by atomic mass is 19.4. The molecule has 2 aliphatic heterocycles. The normalized spacial score (nSPS) is 16.9. The Kier molecular flexibility index (Phi) is 9.25. The van der Waals surface area contributed by atoms with Crippen LogP contribution in [0.1, 0.15) is 52.1 Å². The quantitative estimate of drug-likeness (QED) is 0.221. The molecule has 0 radical (unpaired) electrons. The number of hydrogen-bond donors (Lipinski definition) is 3. The minimum Gasteiger partial charge on any atom is -0.452 e. The Morgan fingerprint density at radius 2 is 1.88 bits per heavy atom. The molecule has 2 aliphatic rings. The summed E-state index contributed by atoms with van der Waals surface area (Å²) in [5.41, 5.74) is 1.31. The summed E-state index contributed by atoms with van der Waals surface area (Å²) in [5.74, 6) is -1.15. The van der Waals surface area contributed by atoms with E-state index in [0.29, 0.717) is 44.7 Å². The summed E-state index contributed by atoms with van der Waals surface area (Å²) in [6, 6.07) is 6.49. The van der Waals surface area contributed by atoms with Crippen LogP contribution in [-0.2, 0) is 19.3 Å². The molecule has 0 spiro atoms. The van der Waals surface area contributed by atoms with Crippen molar-refractivity contribution in [1.29, 1.82) is 0 Å². The standard InChI is InChI=1S/C33H36F4N8O3/c1-4-19-17-45(32(47)41-22-6-5-20(25(12-22)33(35,36)37)16-44-9-7-38-8-10-44)18-21-11-23(14-39-28(19)21)48-29-24-13-27(31(46)43(2)3)42-30(24)40-15-26(29)34/h5-6,11-15,19,38H,4,7-10,16-18H2,1-3H3,(H,40,42)(H,41,47)/t19-/m0/s1. The summed E-state index contributed by atoms with van der Waals surface area (Å²) in [5, 5.41) is 6.11. The Hall–Kier alpha value is -4.76. The van der Waals surface area contributed by atoms with Crippen LogP contribution in [0.5, 0.6) is 11.5 Å². The summed E-state index contributed by atoms with van der Waals surface area (Å²) in [6.45, 7) is 5.27. The summed E-state index contributed by atoms with van der Waals surface area (Å²) in [7, 11) is 3.19. The van der Waals surface area contributed by atoms with Gasteiger partial charge in [-0.3, -0.25) is 14.7 Å². The van der Waals surface area contributed by atoms with Crippen LogP contribution in [0.4, 0.5) is 28.0 Å². The monoisotopic (exact) mass is 668 g/mol. The zero-order chi connectivity index (χ0) is 34.2. The van der Waals surface area contributed by atoms with Crippen molar-refractivity contribution in [3.63, 3.8) is 0 Å². The van der Waals surface area contributed by atoms with Gasteiger partial charge in [-0.2, -0.15) is 13.2 Å². The lowest BCUT2D eigenvalue weighted by Gasteiger charge is -2.34. The second kappa shape index (κ2) is 13.4.